The molecule has 0 aliphatic carbocycles. The number of carboxylic acids is 1. The lowest BCUT2D eigenvalue weighted by molar-refractivity contribution is -0.137. The lowest BCUT2D eigenvalue weighted by Crippen LogP contribution is -1.96. The highest BCUT2D eigenvalue weighted by atomic mass is 16.5. The van der Waals surface area contributed by atoms with Gasteiger partial charge in [0.2, 0.25) is 0 Å². The molecule has 0 radical (unpaired) electrons. The SMILES string of the molecule is CCCCCCCC/C=C\CCCCCCCC(=O)O.COCCOC. The van der Waals surface area contributed by atoms with Crippen LogP contribution in [0.15, 0.2) is 12.2 Å². The molecule has 0 amide bonds. The summed E-state index contributed by atoms with van der Waals surface area (Å²) in [6.45, 7) is 3.64. The number of aliphatic carboxylic acids is 1. The van der Waals surface area contributed by atoms with E-state index in [1.165, 1.54) is 70.6 Å². The van der Waals surface area contributed by atoms with Crippen LogP contribution in [0.1, 0.15) is 96.8 Å². The number of ether oxygens (including phenoxy) is 2. The van der Waals surface area contributed by atoms with E-state index < -0.39 is 5.97 Å². The zero-order valence-electron chi connectivity index (χ0n) is 17.6. The summed E-state index contributed by atoms with van der Waals surface area (Å²) in [6, 6.07) is 0. The van der Waals surface area contributed by atoms with Crippen molar-refractivity contribution >= 4 is 5.97 Å². The maximum atomic E-state index is 10.3. The predicted octanol–water partition coefficient (Wildman–Crippen LogP) is 6.39. The van der Waals surface area contributed by atoms with Gasteiger partial charge in [-0.15, -0.1) is 0 Å². The standard InChI is InChI=1S/C18H34O2.C4H10O2/c1-2-3-4-5-6-7-8-9-10-11-12-13-14-15-16-17-18(19)20;1-5-3-4-6-2/h9-10H,2-8,11-17H2,1H3,(H,19,20);3-4H2,1-2H3/b10-9-;. The van der Waals surface area contributed by atoms with Crippen molar-refractivity contribution in [3.63, 3.8) is 0 Å². The predicted molar refractivity (Wildman–Crippen MR) is 111 cm³/mol. The van der Waals surface area contributed by atoms with Crippen LogP contribution in [0.3, 0.4) is 0 Å². The molecule has 0 atom stereocenters. The van der Waals surface area contributed by atoms with E-state index in [9.17, 15) is 4.79 Å². The van der Waals surface area contributed by atoms with E-state index in [-0.39, 0.29) is 0 Å². The minimum Gasteiger partial charge on any atom is -0.481 e. The van der Waals surface area contributed by atoms with Crippen LogP contribution in [0.5, 0.6) is 0 Å². The number of methoxy groups -OCH3 is 2. The van der Waals surface area contributed by atoms with Gasteiger partial charge in [0, 0.05) is 20.6 Å². The molecule has 0 aromatic heterocycles. The lowest BCUT2D eigenvalue weighted by atomic mass is 10.1. The molecule has 0 aliphatic heterocycles. The summed E-state index contributed by atoms with van der Waals surface area (Å²) in [7, 11) is 3.30. The third kappa shape index (κ3) is 31.0. The normalized spacial score (nSPS) is 10.7. The van der Waals surface area contributed by atoms with Gasteiger partial charge in [-0.3, -0.25) is 4.79 Å². The molecule has 156 valence electrons. The average Bonchev–Trinajstić information content (AvgIpc) is 2.63. The minimum atomic E-state index is -0.664. The molecule has 0 aromatic rings. The fraction of sp³-hybridized carbons (Fsp3) is 0.864. The van der Waals surface area contributed by atoms with Gasteiger partial charge in [-0.2, -0.15) is 0 Å². The van der Waals surface area contributed by atoms with Crippen molar-refractivity contribution < 1.29 is 19.4 Å². The molecule has 0 heterocycles. The van der Waals surface area contributed by atoms with Crippen molar-refractivity contribution in [2.75, 3.05) is 27.4 Å². The van der Waals surface area contributed by atoms with Gasteiger partial charge in [0.25, 0.3) is 0 Å². The lowest BCUT2D eigenvalue weighted by Gasteiger charge is -1.99. The van der Waals surface area contributed by atoms with Crippen LogP contribution in [-0.4, -0.2) is 38.5 Å². The van der Waals surface area contributed by atoms with E-state index in [4.69, 9.17) is 5.11 Å². The molecule has 0 spiro atoms. The van der Waals surface area contributed by atoms with Gasteiger partial charge >= 0.3 is 5.97 Å². The van der Waals surface area contributed by atoms with E-state index in [0.717, 1.165) is 12.8 Å². The number of hydrogen-bond donors (Lipinski definition) is 1. The van der Waals surface area contributed by atoms with Gasteiger partial charge in [0.1, 0.15) is 0 Å². The third-order valence-corrected chi connectivity index (χ3v) is 4.14. The Balaban J connectivity index is 0. The van der Waals surface area contributed by atoms with Gasteiger partial charge < -0.3 is 14.6 Å². The van der Waals surface area contributed by atoms with Crippen LogP contribution in [0.4, 0.5) is 0 Å². The van der Waals surface area contributed by atoms with Crippen molar-refractivity contribution in [3.8, 4) is 0 Å². The van der Waals surface area contributed by atoms with Crippen LogP contribution < -0.4 is 0 Å². The summed E-state index contributed by atoms with van der Waals surface area (Å²) < 4.78 is 9.31. The Bertz CT molecular complexity index is 286. The second-order valence-electron chi connectivity index (χ2n) is 6.71. The van der Waals surface area contributed by atoms with Crippen LogP contribution in [0, 0.1) is 0 Å². The summed E-state index contributed by atoms with van der Waals surface area (Å²) in [5.41, 5.74) is 0. The van der Waals surface area contributed by atoms with Gasteiger partial charge in [-0.1, -0.05) is 70.4 Å². The highest BCUT2D eigenvalue weighted by molar-refractivity contribution is 5.66. The largest absolute Gasteiger partial charge is 0.481 e. The zero-order valence-corrected chi connectivity index (χ0v) is 17.6. The number of carboxylic acid groups (broad SMARTS) is 1. The Morgan fingerprint density at radius 1 is 0.731 bits per heavy atom. The topological polar surface area (TPSA) is 55.8 Å². The monoisotopic (exact) mass is 372 g/mol. The molecular weight excluding hydrogens is 328 g/mol. The summed E-state index contributed by atoms with van der Waals surface area (Å²) >= 11 is 0. The van der Waals surface area contributed by atoms with E-state index >= 15 is 0 Å². The summed E-state index contributed by atoms with van der Waals surface area (Å²) in [6.07, 6.45) is 21.2. The van der Waals surface area contributed by atoms with E-state index in [1.807, 2.05) is 0 Å². The van der Waals surface area contributed by atoms with Crippen LogP contribution in [0.2, 0.25) is 0 Å². The van der Waals surface area contributed by atoms with Crippen molar-refractivity contribution in [1.82, 2.24) is 0 Å². The van der Waals surface area contributed by atoms with E-state index in [2.05, 4.69) is 28.5 Å². The molecule has 26 heavy (non-hydrogen) atoms. The smallest absolute Gasteiger partial charge is 0.303 e. The molecule has 4 nitrogen and oxygen atoms in total. The summed E-state index contributed by atoms with van der Waals surface area (Å²) in [5, 5.41) is 8.51. The second kappa shape index (κ2) is 26.4. The Hall–Kier alpha value is -0.870. The fourth-order valence-electron chi connectivity index (χ4n) is 2.51. The average molecular weight is 373 g/mol. The molecule has 0 bridgehead atoms. The molecule has 0 saturated heterocycles. The zero-order chi connectivity index (χ0) is 19.7. The highest BCUT2D eigenvalue weighted by Gasteiger charge is 1.95. The first kappa shape index (κ1) is 27.3. The molecular formula is C22H44O4. The van der Waals surface area contributed by atoms with E-state index in [1.54, 1.807) is 14.2 Å². The Labute approximate surface area is 162 Å². The first-order chi connectivity index (χ1) is 12.7. The quantitative estimate of drug-likeness (QED) is 0.224. The molecule has 0 aromatic carbocycles. The van der Waals surface area contributed by atoms with Crippen LogP contribution in [-0.2, 0) is 14.3 Å². The van der Waals surface area contributed by atoms with Crippen molar-refractivity contribution in [2.24, 2.45) is 0 Å². The summed E-state index contributed by atoms with van der Waals surface area (Å²) in [5.74, 6) is -0.664. The Morgan fingerprint density at radius 3 is 1.58 bits per heavy atom. The molecule has 0 saturated carbocycles. The Kier molecular flexibility index (Phi) is 27.7. The number of unbranched alkanes of at least 4 members (excludes halogenated alkanes) is 11. The van der Waals surface area contributed by atoms with Crippen LogP contribution in [0.25, 0.3) is 0 Å². The molecule has 0 rings (SSSR count). The van der Waals surface area contributed by atoms with Gasteiger partial charge in [-0.25, -0.2) is 0 Å². The van der Waals surface area contributed by atoms with Gasteiger partial charge in [-0.05, 0) is 32.1 Å². The molecule has 0 fully saturated rings. The fourth-order valence-corrected chi connectivity index (χ4v) is 2.51. The molecule has 0 aliphatic rings. The first-order valence-electron chi connectivity index (χ1n) is 10.5. The highest BCUT2D eigenvalue weighted by Crippen LogP contribution is 2.09. The number of hydrogen-bond acceptors (Lipinski definition) is 3. The van der Waals surface area contributed by atoms with E-state index in [0.29, 0.717) is 19.6 Å². The summed E-state index contributed by atoms with van der Waals surface area (Å²) in [4.78, 5) is 10.3. The van der Waals surface area contributed by atoms with Gasteiger partial charge in [0.05, 0.1) is 13.2 Å². The molecule has 0 unspecified atom stereocenters. The molecule has 4 heteroatoms. The van der Waals surface area contributed by atoms with Crippen LogP contribution >= 0.6 is 0 Å². The second-order valence-corrected chi connectivity index (χ2v) is 6.71. The maximum Gasteiger partial charge on any atom is 0.303 e. The van der Waals surface area contributed by atoms with Crippen molar-refractivity contribution in [2.45, 2.75) is 96.8 Å². The first-order valence-corrected chi connectivity index (χ1v) is 10.5. The maximum absolute atomic E-state index is 10.3. The number of carbonyl (C=O) groups is 1. The Morgan fingerprint density at radius 2 is 1.15 bits per heavy atom. The third-order valence-electron chi connectivity index (χ3n) is 4.14. The van der Waals surface area contributed by atoms with Crippen molar-refractivity contribution in [3.05, 3.63) is 12.2 Å². The van der Waals surface area contributed by atoms with Gasteiger partial charge in [0.15, 0.2) is 0 Å². The molecule has 1 N–H and O–H groups in total. The minimum absolute atomic E-state index is 0.332. The number of rotatable bonds is 18. The van der Waals surface area contributed by atoms with Crippen molar-refractivity contribution in [1.29, 1.82) is 0 Å². The number of allylic oxidation sites excluding steroid dienone is 2.